The highest BCUT2D eigenvalue weighted by atomic mass is 35.5. The SMILES string of the molecule is Cc1c(Cl)cnc2c1OCC[C@@H]1CN(C(=O)CCOC[C@H](C)Oc3cn[nH]c(=O)c3C(F)(F)F)CCN21. The third kappa shape index (κ3) is 6.09. The number of hydrogen-bond donors (Lipinski definition) is 1. The van der Waals surface area contributed by atoms with Gasteiger partial charge in [-0.2, -0.15) is 18.3 Å². The summed E-state index contributed by atoms with van der Waals surface area (Å²) in [6, 6.07) is 0.0480. The van der Waals surface area contributed by atoms with E-state index in [1.807, 2.05) is 6.92 Å². The summed E-state index contributed by atoms with van der Waals surface area (Å²) in [6.45, 7) is 5.49. The Morgan fingerprint density at radius 1 is 1.35 bits per heavy atom. The summed E-state index contributed by atoms with van der Waals surface area (Å²) in [5, 5.41) is 5.65. The first-order valence-electron chi connectivity index (χ1n) is 11.8. The number of aromatic amines is 1. The van der Waals surface area contributed by atoms with Gasteiger partial charge in [-0.25, -0.2) is 10.1 Å². The number of carbonyl (C=O) groups excluding carboxylic acids is 1. The van der Waals surface area contributed by atoms with Crippen LogP contribution >= 0.6 is 11.6 Å². The van der Waals surface area contributed by atoms with Gasteiger partial charge in [0.05, 0.1) is 43.5 Å². The Balaban J connectivity index is 1.26. The predicted molar refractivity (Wildman–Crippen MR) is 127 cm³/mol. The molecule has 1 amide bonds. The molecule has 202 valence electrons. The van der Waals surface area contributed by atoms with E-state index in [2.05, 4.69) is 15.0 Å². The molecule has 10 nitrogen and oxygen atoms in total. The third-order valence-corrected chi connectivity index (χ3v) is 6.63. The molecular weight excluding hydrogens is 519 g/mol. The molecule has 2 aliphatic heterocycles. The van der Waals surface area contributed by atoms with Crippen molar-refractivity contribution >= 4 is 23.3 Å². The fourth-order valence-corrected chi connectivity index (χ4v) is 4.52. The van der Waals surface area contributed by atoms with Crippen LogP contribution in [0.15, 0.2) is 17.2 Å². The van der Waals surface area contributed by atoms with Crippen LogP contribution < -0.4 is 19.9 Å². The molecule has 2 aromatic heterocycles. The van der Waals surface area contributed by atoms with Gasteiger partial charge in [-0.3, -0.25) is 9.59 Å². The molecular formula is C23H27ClF3N5O5. The van der Waals surface area contributed by atoms with Crippen molar-refractivity contribution in [3.63, 3.8) is 0 Å². The molecule has 0 radical (unpaired) electrons. The highest BCUT2D eigenvalue weighted by Gasteiger charge is 2.39. The molecule has 0 unspecified atom stereocenters. The number of piperazine rings is 1. The molecule has 0 bridgehead atoms. The molecule has 4 heterocycles. The minimum absolute atomic E-state index is 0.0480. The maximum Gasteiger partial charge on any atom is 0.425 e. The fourth-order valence-electron chi connectivity index (χ4n) is 4.39. The predicted octanol–water partition coefficient (Wildman–Crippen LogP) is 2.82. The zero-order chi connectivity index (χ0) is 26.7. The lowest BCUT2D eigenvalue weighted by Gasteiger charge is -2.41. The molecule has 0 aromatic carbocycles. The Hall–Kier alpha value is -3.06. The van der Waals surface area contributed by atoms with Crippen LogP contribution in [0, 0.1) is 6.92 Å². The number of H-pyrrole nitrogens is 1. The van der Waals surface area contributed by atoms with E-state index < -0.39 is 29.2 Å². The zero-order valence-electron chi connectivity index (χ0n) is 20.3. The van der Waals surface area contributed by atoms with Gasteiger partial charge in [-0.15, -0.1) is 0 Å². The Morgan fingerprint density at radius 3 is 2.89 bits per heavy atom. The molecule has 2 aromatic rings. The molecule has 1 saturated heterocycles. The number of amides is 1. The van der Waals surface area contributed by atoms with Crippen molar-refractivity contribution in [2.45, 2.75) is 45.0 Å². The quantitative estimate of drug-likeness (QED) is 0.529. The van der Waals surface area contributed by atoms with Crippen LogP contribution in [-0.4, -0.2) is 77.6 Å². The first-order chi connectivity index (χ1) is 17.6. The summed E-state index contributed by atoms with van der Waals surface area (Å²) in [7, 11) is 0. The first kappa shape index (κ1) is 27.0. The second-order valence-corrected chi connectivity index (χ2v) is 9.30. The number of nitrogens with one attached hydrogen (secondary N) is 1. The summed E-state index contributed by atoms with van der Waals surface area (Å²) in [5.74, 6) is 0.648. The second kappa shape index (κ2) is 11.1. The van der Waals surface area contributed by atoms with Crippen LogP contribution in [0.2, 0.25) is 5.02 Å². The highest BCUT2D eigenvalue weighted by molar-refractivity contribution is 6.31. The van der Waals surface area contributed by atoms with Crippen molar-refractivity contribution in [3.8, 4) is 11.5 Å². The van der Waals surface area contributed by atoms with Gasteiger partial charge in [0.25, 0.3) is 5.56 Å². The molecule has 14 heteroatoms. The lowest BCUT2D eigenvalue weighted by Crippen LogP contribution is -2.55. The van der Waals surface area contributed by atoms with E-state index >= 15 is 0 Å². The van der Waals surface area contributed by atoms with Crippen LogP contribution in [0.5, 0.6) is 11.5 Å². The van der Waals surface area contributed by atoms with Gasteiger partial charge in [0.2, 0.25) is 5.91 Å². The number of hydrogen-bond acceptors (Lipinski definition) is 8. The summed E-state index contributed by atoms with van der Waals surface area (Å²) >= 11 is 6.20. The van der Waals surface area contributed by atoms with E-state index in [9.17, 15) is 22.8 Å². The fraction of sp³-hybridized carbons (Fsp3) is 0.565. The number of carbonyl (C=O) groups is 1. The summed E-state index contributed by atoms with van der Waals surface area (Å²) in [5.41, 5.74) is -2.00. The highest BCUT2D eigenvalue weighted by Crippen LogP contribution is 2.38. The smallest absolute Gasteiger partial charge is 0.425 e. The molecule has 0 saturated carbocycles. The third-order valence-electron chi connectivity index (χ3n) is 6.25. The molecule has 37 heavy (non-hydrogen) atoms. The van der Waals surface area contributed by atoms with Crippen LogP contribution in [0.1, 0.15) is 30.9 Å². The van der Waals surface area contributed by atoms with Gasteiger partial charge in [0.1, 0.15) is 6.10 Å². The van der Waals surface area contributed by atoms with E-state index in [0.717, 1.165) is 24.0 Å². The minimum Gasteiger partial charge on any atom is -0.489 e. The summed E-state index contributed by atoms with van der Waals surface area (Å²) < 4.78 is 56.1. The van der Waals surface area contributed by atoms with Crippen LogP contribution in [0.4, 0.5) is 19.0 Å². The zero-order valence-corrected chi connectivity index (χ0v) is 21.1. The van der Waals surface area contributed by atoms with Gasteiger partial charge < -0.3 is 24.0 Å². The molecule has 0 spiro atoms. The number of nitrogens with zero attached hydrogens (tertiary/aromatic N) is 4. The van der Waals surface area contributed by atoms with E-state index in [4.69, 9.17) is 25.8 Å². The van der Waals surface area contributed by atoms with Crippen molar-refractivity contribution in [1.29, 1.82) is 0 Å². The molecule has 0 aliphatic carbocycles. The average Bonchev–Trinajstić information content (AvgIpc) is 3.02. The van der Waals surface area contributed by atoms with Gasteiger partial charge in [0, 0.05) is 37.8 Å². The van der Waals surface area contributed by atoms with Crippen molar-refractivity contribution in [2.75, 3.05) is 44.4 Å². The number of ether oxygens (including phenoxy) is 3. The van der Waals surface area contributed by atoms with Crippen molar-refractivity contribution in [1.82, 2.24) is 20.1 Å². The van der Waals surface area contributed by atoms with E-state index in [1.165, 1.54) is 6.92 Å². The number of aromatic nitrogens is 3. The molecule has 1 fully saturated rings. The largest absolute Gasteiger partial charge is 0.489 e. The van der Waals surface area contributed by atoms with Gasteiger partial charge in [0.15, 0.2) is 22.9 Å². The number of pyridine rings is 1. The van der Waals surface area contributed by atoms with Crippen LogP contribution in [-0.2, 0) is 15.7 Å². The van der Waals surface area contributed by atoms with Gasteiger partial charge >= 0.3 is 6.18 Å². The maximum atomic E-state index is 13.1. The average molecular weight is 546 g/mol. The molecule has 2 atom stereocenters. The van der Waals surface area contributed by atoms with E-state index in [-0.39, 0.29) is 31.6 Å². The number of alkyl halides is 3. The van der Waals surface area contributed by atoms with E-state index in [0.29, 0.717) is 37.0 Å². The number of rotatable bonds is 7. The topological polar surface area (TPSA) is 110 Å². The number of fused-ring (bicyclic) bond motifs is 3. The maximum absolute atomic E-state index is 13.1. The van der Waals surface area contributed by atoms with Gasteiger partial charge in [-0.05, 0) is 13.8 Å². The minimum atomic E-state index is -4.89. The van der Waals surface area contributed by atoms with Crippen molar-refractivity contribution in [3.05, 3.63) is 38.9 Å². The molecule has 4 rings (SSSR count). The second-order valence-electron chi connectivity index (χ2n) is 8.90. The standard InChI is InChI=1S/C23H27ClF3N5O5/c1-13(37-17-10-29-30-22(34)19(17)23(25,26)27)12-35-7-4-18(33)31-5-6-32-15(11-31)3-8-36-20-14(2)16(24)9-28-21(20)32/h9-10,13,15H,3-8,11-12H2,1-2H3,(H,30,34)/t13-,15+/m0/s1. The summed E-state index contributed by atoms with van der Waals surface area (Å²) in [6.07, 6.45) is -2.46. The lowest BCUT2D eigenvalue weighted by molar-refractivity contribution is -0.141. The Bertz CT molecular complexity index is 1190. The monoisotopic (exact) mass is 545 g/mol. The van der Waals surface area contributed by atoms with Crippen molar-refractivity contribution in [2.24, 2.45) is 0 Å². The van der Waals surface area contributed by atoms with Gasteiger partial charge in [-0.1, -0.05) is 11.6 Å². The Morgan fingerprint density at radius 2 is 2.14 bits per heavy atom. The lowest BCUT2D eigenvalue weighted by atomic mass is 10.1. The van der Waals surface area contributed by atoms with Crippen molar-refractivity contribution < 1.29 is 32.2 Å². The number of halogens is 4. The normalized spacial score (nSPS) is 18.4. The van der Waals surface area contributed by atoms with E-state index in [1.54, 1.807) is 16.2 Å². The summed E-state index contributed by atoms with van der Waals surface area (Å²) in [4.78, 5) is 32.7. The Kier molecular flexibility index (Phi) is 8.12. The first-order valence-corrected chi connectivity index (χ1v) is 12.2. The molecule has 1 N–H and O–H groups in total. The molecule has 2 aliphatic rings. The number of anilines is 1. The Labute approximate surface area is 215 Å². The van der Waals surface area contributed by atoms with Crippen LogP contribution in [0.3, 0.4) is 0 Å². The van der Waals surface area contributed by atoms with Crippen LogP contribution in [0.25, 0.3) is 0 Å².